The van der Waals surface area contributed by atoms with Crippen LogP contribution < -0.4 is 0 Å². The molecule has 4 heteroatoms. The van der Waals surface area contributed by atoms with Crippen molar-refractivity contribution in [2.75, 3.05) is 18.4 Å². The lowest BCUT2D eigenvalue weighted by Crippen LogP contribution is -2.32. The van der Waals surface area contributed by atoms with Crippen LogP contribution in [0.2, 0.25) is 0 Å². The van der Waals surface area contributed by atoms with Gasteiger partial charge in [-0.05, 0) is 43.4 Å². The van der Waals surface area contributed by atoms with Gasteiger partial charge in [0, 0.05) is 28.3 Å². The number of halogens is 3. The fraction of sp³-hybridized carbons (Fsp3) is 0.600. The molecule has 1 unspecified atom stereocenters. The number of hydrogen-bond acceptors (Lipinski definition) is 1. The zero-order valence-corrected chi connectivity index (χ0v) is 14.0. The van der Waals surface area contributed by atoms with Crippen LogP contribution in [0.4, 0.5) is 0 Å². The normalized spacial score (nSPS) is 19.8. The van der Waals surface area contributed by atoms with E-state index in [0.717, 1.165) is 23.9 Å². The third kappa shape index (κ3) is 3.87. The van der Waals surface area contributed by atoms with Crippen molar-refractivity contribution in [2.45, 2.75) is 37.2 Å². The molecule has 1 aliphatic heterocycles. The molecule has 0 amide bonds. The van der Waals surface area contributed by atoms with Crippen LogP contribution in [0.1, 0.15) is 31.2 Å². The van der Waals surface area contributed by atoms with Crippen LogP contribution in [0.25, 0.3) is 0 Å². The summed E-state index contributed by atoms with van der Waals surface area (Å²) in [4.78, 5) is 0. The van der Waals surface area contributed by atoms with Crippen molar-refractivity contribution in [1.29, 1.82) is 0 Å². The van der Waals surface area contributed by atoms with Crippen LogP contribution in [0.5, 0.6) is 0 Å². The summed E-state index contributed by atoms with van der Waals surface area (Å²) in [6, 6.07) is 8.31. The minimum atomic E-state index is -0.154. The molecule has 0 radical (unpaired) electrons. The summed E-state index contributed by atoms with van der Waals surface area (Å²) >= 11 is 16.0. The maximum atomic E-state index is 6.26. The highest BCUT2D eigenvalue weighted by Crippen LogP contribution is 2.35. The molecule has 1 saturated heterocycles. The Bertz CT molecular complexity index is 401. The lowest BCUT2D eigenvalue weighted by atomic mass is 9.79. The van der Waals surface area contributed by atoms with Crippen molar-refractivity contribution >= 4 is 39.1 Å². The first-order valence-electron chi connectivity index (χ1n) is 6.70. The van der Waals surface area contributed by atoms with E-state index in [1.807, 2.05) is 12.1 Å². The van der Waals surface area contributed by atoms with Gasteiger partial charge in [-0.1, -0.05) is 28.1 Å². The predicted octanol–water partition coefficient (Wildman–Crippen LogP) is 5.12. The highest BCUT2D eigenvalue weighted by molar-refractivity contribution is 9.10. The van der Waals surface area contributed by atoms with Crippen molar-refractivity contribution in [3.05, 3.63) is 34.3 Å². The summed E-state index contributed by atoms with van der Waals surface area (Å²) in [6.45, 7) is 0.899. The second-order valence-corrected chi connectivity index (χ2v) is 6.68. The van der Waals surface area contributed by atoms with Crippen molar-refractivity contribution in [3.63, 3.8) is 0 Å². The first-order valence-corrected chi connectivity index (χ1v) is 8.56. The lowest BCUT2D eigenvalue weighted by molar-refractivity contribution is 0.0976. The molecular formula is C15H19BrCl2O. The van der Waals surface area contributed by atoms with Gasteiger partial charge < -0.3 is 4.74 Å². The van der Waals surface area contributed by atoms with E-state index in [1.165, 1.54) is 18.4 Å². The fourth-order valence-corrected chi connectivity index (χ4v) is 3.86. The van der Waals surface area contributed by atoms with Gasteiger partial charge >= 0.3 is 0 Å². The molecule has 19 heavy (non-hydrogen) atoms. The Morgan fingerprint density at radius 1 is 1.32 bits per heavy atom. The molecule has 1 aromatic carbocycles. The molecule has 2 rings (SSSR count). The standard InChI is InChI=1S/C15H19BrCl2O/c16-13-4-1-3-12(9-13)15(10-17,11-18)7-6-14-5-2-8-19-14/h1,3-4,9,14H,2,5-8,10-11H2. The highest BCUT2D eigenvalue weighted by atomic mass is 79.9. The van der Waals surface area contributed by atoms with Crippen LogP contribution in [0, 0.1) is 0 Å². The van der Waals surface area contributed by atoms with E-state index in [1.54, 1.807) is 0 Å². The maximum absolute atomic E-state index is 6.26. The first kappa shape index (κ1) is 15.6. The largest absolute Gasteiger partial charge is 0.378 e. The Hall–Kier alpha value is 0.240. The SMILES string of the molecule is ClCC(CCl)(CCC1CCCO1)c1cccc(Br)c1. The molecule has 1 aromatic rings. The van der Waals surface area contributed by atoms with E-state index in [9.17, 15) is 0 Å². The molecular weight excluding hydrogens is 347 g/mol. The van der Waals surface area contributed by atoms with Gasteiger partial charge in [0.25, 0.3) is 0 Å². The molecule has 106 valence electrons. The van der Waals surface area contributed by atoms with Gasteiger partial charge in [0.15, 0.2) is 0 Å². The molecule has 0 bridgehead atoms. The molecule has 1 heterocycles. The van der Waals surface area contributed by atoms with E-state index in [-0.39, 0.29) is 5.41 Å². The zero-order chi connectivity index (χ0) is 13.7. The third-order valence-corrected chi connectivity index (χ3v) is 5.43. The van der Waals surface area contributed by atoms with Gasteiger partial charge in [-0.3, -0.25) is 0 Å². The van der Waals surface area contributed by atoms with Crippen LogP contribution >= 0.6 is 39.1 Å². The highest BCUT2D eigenvalue weighted by Gasteiger charge is 2.32. The quantitative estimate of drug-likeness (QED) is 0.635. The summed E-state index contributed by atoms with van der Waals surface area (Å²) in [7, 11) is 0. The fourth-order valence-electron chi connectivity index (χ4n) is 2.60. The number of rotatable bonds is 6. The van der Waals surface area contributed by atoms with Gasteiger partial charge in [-0.25, -0.2) is 0 Å². The Kier molecular flexibility index (Phi) is 6.01. The zero-order valence-electron chi connectivity index (χ0n) is 10.9. The van der Waals surface area contributed by atoms with E-state index in [2.05, 4.69) is 28.1 Å². The Labute approximate surface area is 133 Å². The second kappa shape index (κ2) is 7.31. The number of hydrogen-bond donors (Lipinski definition) is 0. The Balaban J connectivity index is 2.11. The van der Waals surface area contributed by atoms with Gasteiger partial charge in [0.1, 0.15) is 0 Å². The molecule has 0 spiro atoms. The van der Waals surface area contributed by atoms with E-state index in [0.29, 0.717) is 17.9 Å². The Morgan fingerprint density at radius 2 is 2.11 bits per heavy atom. The van der Waals surface area contributed by atoms with Crippen molar-refractivity contribution < 1.29 is 4.74 Å². The van der Waals surface area contributed by atoms with Crippen LogP contribution in [-0.2, 0) is 10.2 Å². The van der Waals surface area contributed by atoms with Crippen LogP contribution in [0.3, 0.4) is 0 Å². The molecule has 1 fully saturated rings. The van der Waals surface area contributed by atoms with Gasteiger partial charge in [-0.15, -0.1) is 23.2 Å². The first-order chi connectivity index (χ1) is 9.20. The summed E-state index contributed by atoms with van der Waals surface area (Å²) in [5, 5.41) is 0. The lowest BCUT2D eigenvalue weighted by Gasteiger charge is -2.31. The molecule has 0 saturated carbocycles. The number of alkyl halides is 2. The minimum absolute atomic E-state index is 0.154. The van der Waals surface area contributed by atoms with Gasteiger partial charge in [-0.2, -0.15) is 0 Å². The van der Waals surface area contributed by atoms with Crippen molar-refractivity contribution in [3.8, 4) is 0 Å². The van der Waals surface area contributed by atoms with Crippen LogP contribution in [-0.4, -0.2) is 24.5 Å². The maximum Gasteiger partial charge on any atom is 0.0576 e. The molecule has 1 nitrogen and oxygen atoms in total. The summed E-state index contributed by atoms with van der Waals surface area (Å²) in [6.07, 6.45) is 4.74. The smallest absolute Gasteiger partial charge is 0.0576 e. The molecule has 1 atom stereocenters. The monoisotopic (exact) mass is 364 g/mol. The topological polar surface area (TPSA) is 9.23 Å². The number of benzene rings is 1. The number of ether oxygens (including phenoxy) is 1. The predicted molar refractivity (Wildman–Crippen MR) is 85.5 cm³/mol. The summed E-state index contributed by atoms with van der Waals surface area (Å²) < 4.78 is 6.77. The van der Waals surface area contributed by atoms with Gasteiger partial charge in [0.2, 0.25) is 0 Å². The second-order valence-electron chi connectivity index (χ2n) is 5.23. The van der Waals surface area contributed by atoms with E-state index < -0.39 is 0 Å². The average Bonchev–Trinajstić information content (AvgIpc) is 2.94. The van der Waals surface area contributed by atoms with Crippen molar-refractivity contribution in [2.24, 2.45) is 0 Å². The molecule has 0 aromatic heterocycles. The molecule has 0 N–H and O–H groups in total. The molecule has 1 aliphatic rings. The minimum Gasteiger partial charge on any atom is -0.378 e. The van der Waals surface area contributed by atoms with E-state index in [4.69, 9.17) is 27.9 Å². The van der Waals surface area contributed by atoms with Crippen LogP contribution in [0.15, 0.2) is 28.7 Å². The average molecular weight is 366 g/mol. The third-order valence-electron chi connectivity index (χ3n) is 3.92. The van der Waals surface area contributed by atoms with Gasteiger partial charge in [0.05, 0.1) is 6.10 Å². The Morgan fingerprint density at radius 3 is 2.68 bits per heavy atom. The summed E-state index contributed by atoms with van der Waals surface area (Å²) in [5.74, 6) is 1.08. The van der Waals surface area contributed by atoms with Crippen molar-refractivity contribution in [1.82, 2.24) is 0 Å². The van der Waals surface area contributed by atoms with E-state index >= 15 is 0 Å². The summed E-state index contributed by atoms with van der Waals surface area (Å²) in [5.41, 5.74) is 1.06. The molecule has 0 aliphatic carbocycles.